The summed E-state index contributed by atoms with van der Waals surface area (Å²) in [5.74, 6) is -0.208. The third-order valence-electron chi connectivity index (χ3n) is 13.3. The number of amides is 1. The van der Waals surface area contributed by atoms with Crippen LogP contribution in [0.4, 0.5) is 0 Å². The SMILES string of the molecule is CCCCCCC/C=C\C/C=C\C/C=C\CCCCCCCCC(=O)NC(COP(=O)([O-])OCC[N+](C)(C)C)C(O)/C=C/CCCCCCCCCCCCCCCCCCCCCCCCCC. The Morgan fingerprint density at radius 3 is 1.22 bits per heavy atom. The van der Waals surface area contributed by atoms with Gasteiger partial charge < -0.3 is 28.8 Å². The lowest BCUT2D eigenvalue weighted by atomic mass is 10.0. The molecule has 0 rings (SSSR count). The van der Waals surface area contributed by atoms with Crippen LogP contribution in [0, 0.1) is 0 Å². The summed E-state index contributed by atoms with van der Waals surface area (Å²) in [6, 6.07) is -0.896. The van der Waals surface area contributed by atoms with Gasteiger partial charge in [0.1, 0.15) is 13.2 Å². The van der Waals surface area contributed by atoms with Crippen LogP contribution in [0.5, 0.6) is 0 Å². The summed E-state index contributed by atoms with van der Waals surface area (Å²) in [4.78, 5) is 25.5. The van der Waals surface area contributed by atoms with Crippen LogP contribution < -0.4 is 10.2 Å². The van der Waals surface area contributed by atoms with Gasteiger partial charge in [0.05, 0.1) is 39.9 Å². The minimum absolute atomic E-state index is 0.00467. The number of aliphatic hydroxyl groups excluding tert-OH is 1. The number of phosphoric ester groups is 1. The predicted molar refractivity (Wildman–Crippen MR) is 298 cm³/mol. The molecule has 0 aromatic carbocycles. The predicted octanol–water partition coefficient (Wildman–Crippen LogP) is 17.3. The number of likely N-dealkylation sites (N-methyl/N-ethyl adjacent to an activating group) is 1. The molecule has 0 radical (unpaired) electrons. The van der Waals surface area contributed by atoms with Crippen molar-refractivity contribution in [1.82, 2.24) is 5.32 Å². The number of allylic oxidation sites excluding steroid dienone is 7. The highest BCUT2D eigenvalue weighted by Gasteiger charge is 2.23. The summed E-state index contributed by atoms with van der Waals surface area (Å²) in [5, 5.41) is 13.9. The molecule has 0 aliphatic heterocycles. The zero-order valence-corrected chi connectivity index (χ0v) is 47.2. The van der Waals surface area contributed by atoms with Crippen molar-refractivity contribution in [2.75, 3.05) is 40.9 Å². The summed E-state index contributed by atoms with van der Waals surface area (Å²) in [5.41, 5.74) is 0. The molecule has 0 heterocycles. The summed E-state index contributed by atoms with van der Waals surface area (Å²) < 4.78 is 23.4. The first-order valence-electron chi connectivity index (χ1n) is 29.5. The number of phosphoric acid groups is 1. The largest absolute Gasteiger partial charge is 0.756 e. The van der Waals surface area contributed by atoms with Crippen molar-refractivity contribution in [3.63, 3.8) is 0 Å². The lowest BCUT2D eigenvalue weighted by Gasteiger charge is -2.29. The van der Waals surface area contributed by atoms with Crippen LogP contribution in [0.1, 0.15) is 277 Å². The topological polar surface area (TPSA) is 108 Å². The van der Waals surface area contributed by atoms with Gasteiger partial charge in [0.15, 0.2) is 0 Å². The normalized spacial score (nSPS) is 14.2. The van der Waals surface area contributed by atoms with Gasteiger partial charge in [-0.15, -0.1) is 0 Å². The van der Waals surface area contributed by atoms with Crippen LogP contribution >= 0.6 is 7.82 Å². The van der Waals surface area contributed by atoms with Crippen LogP contribution in [0.25, 0.3) is 0 Å². The molecule has 1 amide bonds. The van der Waals surface area contributed by atoms with Crippen LogP contribution in [-0.2, 0) is 18.4 Å². The van der Waals surface area contributed by atoms with Gasteiger partial charge in [0.2, 0.25) is 5.91 Å². The molecule has 0 saturated carbocycles. The molecule has 0 aromatic heterocycles. The minimum atomic E-state index is -4.60. The molecule has 0 aliphatic carbocycles. The maximum Gasteiger partial charge on any atom is 0.268 e. The first kappa shape index (κ1) is 67.5. The smallest absolute Gasteiger partial charge is 0.268 e. The molecule has 0 fully saturated rings. The van der Waals surface area contributed by atoms with Gasteiger partial charge in [-0.1, -0.05) is 262 Å². The van der Waals surface area contributed by atoms with E-state index in [4.69, 9.17) is 9.05 Å². The van der Waals surface area contributed by atoms with Crippen molar-refractivity contribution in [1.29, 1.82) is 0 Å². The second kappa shape index (κ2) is 51.4. The molecule has 0 aromatic rings. The van der Waals surface area contributed by atoms with Crippen LogP contribution in [0.3, 0.4) is 0 Å². The van der Waals surface area contributed by atoms with Gasteiger partial charge in [-0.25, -0.2) is 0 Å². The second-order valence-electron chi connectivity index (χ2n) is 21.4. The third-order valence-corrected chi connectivity index (χ3v) is 14.2. The van der Waals surface area contributed by atoms with E-state index >= 15 is 0 Å². The van der Waals surface area contributed by atoms with Gasteiger partial charge in [-0.3, -0.25) is 9.36 Å². The zero-order valence-electron chi connectivity index (χ0n) is 46.3. The van der Waals surface area contributed by atoms with Crippen LogP contribution in [0.2, 0.25) is 0 Å². The number of carbonyl (C=O) groups excluding carboxylic acids is 1. The average molecular weight is 992 g/mol. The number of aliphatic hydroxyl groups is 1. The standard InChI is InChI=1S/C60H115N2O6P/c1-6-8-10-12-14-16-18-20-22-24-26-28-29-30-31-32-34-35-37-39-41-43-45-47-49-51-53-59(63)58(57-68-69(65,66)67-56-55-62(3,4)5)61-60(64)54-52-50-48-46-44-42-40-38-36-33-27-25-23-21-19-17-15-13-11-9-7-2/h19,21,25,27,36,38,51,53,58-59,63H,6-18,20,22-24,26,28-35,37,39-50,52,54-57H2,1-5H3,(H-,61,64,65,66)/b21-19-,27-25-,38-36-,53-51+. The van der Waals surface area contributed by atoms with E-state index in [0.29, 0.717) is 17.4 Å². The maximum absolute atomic E-state index is 13.0. The van der Waals surface area contributed by atoms with Gasteiger partial charge >= 0.3 is 0 Å². The lowest BCUT2D eigenvalue weighted by molar-refractivity contribution is -0.870. The molecule has 2 N–H and O–H groups in total. The number of hydrogen-bond donors (Lipinski definition) is 2. The Kier molecular flexibility index (Phi) is 50.2. The Hall–Kier alpha value is -1.54. The highest BCUT2D eigenvalue weighted by molar-refractivity contribution is 7.45. The number of nitrogens with zero attached hydrogens (tertiary/aromatic N) is 1. The fraction of sp³-hybridized carbons (Fsp3) is 0.850. The van der Waals surface area contributed by atoms with Crippen LogP contribution in [-0.4, -0.2) is 68.5 Å². The monoisotopic (exact) mass is 991 g/mol. The van der Waals surface area contributed by atoms with Gasteiger partial charge in [0, 0.05) is 6.42 Å². The Balaban J connectivity index is 4.23. The van der Waals surface area contributed by atoms with Crippen molar-refractivity contribution in [3.05, 3.63) is 48.6 Å². The lowest BCUT2D eigenvalue weighted by Crippen LogP contribution is -2.45. The average Bonchev–Trinajstić information content (AvgIpc) is 3.31. The van der Waals surface area contributed by atoms with Crippen molar-refractivity contribution in [2.45, 2.75) is 289 Å². The fourth-order valence-corrected chi connectivity index (χ4v) is 9.36. The van der Waals surface area contributed by atoms with Crippen molar-refractivity contribution >= 4 is 13.7 Å². The summed E-state index contributed by atoms with van der Waals surface area (Å²) in [6.45, 7) is 4.66. The van der Waals surface area contributed by atoms with Gasteiger partial charge in [-0.2, -0.15) is 0 Å². The molecular formula is C60H115N2O6P. The number of nitrogens with one attached hydrogen (secondary N) is 1. The van der Waals surface area contributed by atoms with Crippen molar-refractivity contribution < 1.29 is 32.9 Å². The van der Waals surface area contributed by atoms with E-state index in [-0.39, 0.29) is 19.1 Å². The quantitative estimate of drug-likeness (QED) is 0.0272. The van der Waals surface area contributed by atoms with E-state index in [0.717, 1.165) is 64.2 Å². The van der Waals surface area contributed by atoms with Gasteiger partial charge in [-0.05, 0) is 57.8 Å². The Bertz CT molecular complexity index is 1260. The number of quaternary nitrogens is 1. The molecule has 3 atom stereocenters. The van der Waals surface area contributed by atoms with E-state index in [1.807, 2.05) is 27.2 Å². The molecule has 9 heteroatoms. The molecular weight excluding hydrogens is 876 g/mol. The molecule has 0 spiro atoms. The number of unbranched alkanes of at least 4 members (excludes halogenated alkanes) is 35. The Morgan fingerprint density at radius 1 is 0.507 bits per heavy atom. The molecule has 0 saturated heterocycles. The fourth-order valence-electron chi connectivity index (χ4n) is 8.63. The molecule has 406 valence electrons. The Labute approximate surface area is 429 Å². The highest BCUT2D eigenvalue weighted by Crippen LogP contribution is 2.38. The summed E-state index contributed by atoms with van der Waals surface area (Å²) >= 11 is 0. The first-order valence-corrected chi connectivity index (χ1v) is 31.0. The van der Waals surface area contributed by atoms with E-state index < -0.39 is 20.0 Å². The molecule has 3 unspecified atom stereocenters. The van der Waals surface area contributed by atoms with E-state index in [2.05, 4.69) is 55.6 Å². The van der Waals surface area contributed by atoms with E-state index in [1.54, 1.807) is 6.08 Å². The number of hydrogen-bond acceptors (Lipinski definition) is 6. The van der Waals surface area contributed by atoms with Crippen LogP contribution in [0.15, 0.2) is 48.6 Å². The van der Waals surface area contributed by atoms with Gasteiger partial charge in [0.25, 0.3) is 7.82 Å². The highest BCUT2D eigenvalue weighted by atomic mass is 31.2. The summed E-state index contributed by atoms with van der Waals surface area (Å²) in [6.07, 6.45) is 67.6. The molecule has 69 heavy (non-hydrogen) atoms. The molecule has 0 aliphatic rings. The second-order valence-corrected chi connectivity index (χ2v) is 22.8. The molecule has 0 bridgehead atoms. The third kappa shape index (κ3) is 54.1. The zero-order chi connectivity index (χ0) is 50.6. The molecule has 8 nitrogen and oxygen atoms in total. The van der Waals surface area contributed by atoms with E-state index in [1.165, 1.54) is 193 Å². The maximum atomic E-state index is 13.0. The Morgan fingerprint density at radius 2 is 0.841 bits per heavy atom. The number of carbonyl (C=O) groups is 1. The van der Waals surface area contributed by atoms with E-state index in [9.17, 15) is 19.4 Å². The number of rotatable bonds is 54. The minimum Gasteiger partial charge on any atom is -0.756 e. The first-order chi connectivity index (χ1) is 33.5. The summed E-state index contributed by atoms with van der Waals surface area (Å²) in [7, 11) is 1.25. The van der Waals surface area contributed by atoms with Crippen molar-refractivity contribution in [2.24, 2.45) is 0 Å². The van der Waals surface area contributed by atoms with Crippen molar-refractivity contribution in [3.8, 4) is 0 Å².